The monoisotopic (exact) mass is 674 g/mol. The number of nitrogens with zero attached hydrogens (tertiary/aromatic N) is 5. The molecule has 3 saturated heterocycles. The van der Waals surface area contributed by atoms with Crippen molar-refractivity contribution in [2.45, 2.75) is 76.4 Å². The van der Waals surface area contributed by atoms with Crippen LogP contribution in [0.2, 0.25) is 0 Å². The molecule has 3 aromatic rings. The van der Waals surface area contributed by atoms with Gasteiger partial charge in [-0.25, -0.2) is 4.39 Å². The molecule has 262 valence electrons. The molecule has 2 aromatic heterocycles. The van der Waals surface area contributed by atoms with Crippen LogP contribution in [0, 0.1) is 11.3 Å². The minimum Gasteiger partial charge on any atom is -0.384 e. The summed E-state index contributed by atoms with van der Waals surface area (Å²) in [6.45, 7) is 6.78. The number of fused-ring (bicyclic) bond motifs is 1. The Bertz CT molecular complexity index is 1660. The van der Waals surface area contributed by atoms with Gasteiger partial charge in [0.05, 0.1) is 30.5 Å². The zero-order valence-corrected chi connectivity index (χ0v) is 28.4. The van der Waals surface area contributed by atoms with Crippen molar-refractivity contribution in [1.29, 1.82) is 0 Å². The first-order valence-electron chi connectivity index (χ1n) is 17.6. The normalized spacial score (nSPS) is 26.8. The molecule has 3 amide bonds. The van der Waals surface area contributed by atoms with Crippen LogP contribution in [0.4, 0.5) is 15.8 Å². The number of halogens is 1. The quantitative estimate of drug-likeness (QED) is 0.290. The second-order valence-electron chi connectivity index (χ2n) is 14.8. The maximum absolute atomic E-state index is 15.6. The maximum Gasteiger partial charge on any atom is 0.276 e. The zero-order chi connectivity index (χ0) is 34.1. The Kier molecular flexibility index (Phi) is 9.56. The third-order valence-electron chi connectivity index (χ3n) is 11.1. The maximum atomic E-state index is 15.6. The highest BCUT2D eigenvalue weighted by atomic mass is 19.1. The number of imide groups is 1. The number of alkyl halides is 1. The van der Waals surface area contributed by atoms with Crippen LogP contribution in [0.15, 0.2) is 36.7 Å². The Labute approximate surface area is 286 Å². The molecule has 1 aliphatic carbocycles. The average Bonchev–Trinajstić information content (AvgIpc) is 3.72. The highest BCUT2D eigenvalue weighted by molar-refractivity contribution is 6.04. The number of benzene rings is 1. The second kappa shape index (κ2) is 14.0. The van der Waals surface area contributed by atoms with Gasteiger partial charge in [0.2, 0.25) is 11.8 Å². The van der Waals surface area contributed by atoms with E-state index in [1.807, 2.05) is 12.1 Å². The van der Waals surface area contributed by atoms with E-state index in [0.29, 0.717) is 49.7 Å². The Hall–Kier alpha value is -4.10. The standard InChI is InChI=1S/C36H47FN8O4/c1-36(22-49-2)13-9-28-30(17-36)41-42-33(28)35(48)39-25-18-38-45(20-25)31-12-14-43(21-29(31)37)19-23-10-15-44(16-11-23)26-5-3-24(4-6-26)27-7-8-32(46)40-34(27)47/h3-6,18,20,23,27,29,31H,7-17,19,21-22H2,1-2H3,(H,39,48)(H,41,42)(H,40,46,47)/t27?,29-,31-,36?/m1/s1. The summed E-state index contributed by atoms with van der Waals surface area (Å²) in [7, 11) is 1.71. The summed E-state index contributed by atoms with van der Waals surface area (Å²) in [5.74, 6) is -0.449. The van der Waals surface area contributed by atoms with E-state index in [9.17, 15) is 14.4 Å². The summed E-state index contributed by atoms with van der Waals surface area (Å²) < 4.78 is 22.6. The summed E-state index contributed by atoms with van der Waals surface area (Å²) in [5, 5.41) is 17.2. The van der Waals surface area contributed by atoms with Gasteiger partial charge >= 0.3 is 0 Å². The lowest BCUT2D eigenvalue weighted by Crippen LogP contribution is -2.46. The van der Waals surface area contributed by atoms with Crippen molar-refractivity contribution in [1.82, 2.24) is 30.2 Å². The van der Waals surface area contributed by atoms with Crippen molar-refractivity contribution in [3.05, 3.63) is 59.2 Å². The Morgan fingerprint density at radius 3 is 2.63 bits per heavy atom. The molecule has 3 fully saturated rings. The molecule has 2 unspecified atom stereocenters. The van der Waals surface area contributed by atoms with Gasteiger partial charge in [-0.15, -0.1) is 0 Å². The first-order valence-corrected chi connectivity index (χ1v) is 17.6. The first-order chi connectivity index (χ1) is 23.7. The number of methoxy groups -OCH3 is 1. The van der Waals surface area contributed by atoms with E-state index in [-0.39, 0.29) is 35.1 Å². The fraction of sp³-hybridized carbons (Fsp3) is 0.583. The number of aromatic amines is 1. The number of carbonyl (C=O) groups excluding carboxylic acids is 3. The van der Waals surface area contributed by atoms with Gasteiger partial charge in [-0.1, -0.05) is 19.1 Å². The van der Waals surface area contributed by atoms with Crippen LogP contribution in [0.1, 0.15) is 84.7 Å². The minimum absolute atomic E-state index is 0.0241. The smallest absolute Gasteiger partial charge is 0.276 e. The molecule has 3 N–H and O–H groups in total. The van der Waals surface area contributed by atoms with Crippen molar-refractivity contribution in [3.8, 4) is 0 Å². The predicted octanol–water partition coefficient (Wildman–Crippen LogP) is 4.02. The number of H-pyrrole nitrogens is 1. The van der Waals surface area contributed by atoms with Gasteiger partial charge in [-0.05, 0) is 74.0 Å². The lowest BCUT2D eigenvalue weighted by Gasteiger charge is -2.39. The summed E-state index contributed by atoms with van der Waals surface area (Å²) in [5.41, 5.74) is 5.01. The van der Waals surface area contributed by atoms with Crippen LogP contribution < -0.4 is 15.5 Å². The van der Waals surface area contributed by atoms with Gasteiger partial charge in [0, 0.05) is 69.4 Å². The molecular weight excluding hydrogens is 627 g/mol. The number of likely N-dealkylation sites (tertiary alicyclic amines) is 1. The molecule has 13 heteroatoms. The fourth-order valence-corrected chi connectivity index (χ4v) is 8.28. The number of aromatic nitrogens is 4. The molecule has 0 radical (unpaired) electrons. The number of piperidine rings is 3. The Balaban J connectivity index is 0.866. The molecule has 7 rings (SSSR count). The van der Waals surface area contributed by atoms with Gasteiger partial charge in [0.1, 0.15) is 6.17 Å². The van der Waals surface area contributed by atoms with Crippen LogP contribution in [0.3, 0.4) is 0 Å². The van der Waals surface area contributed by atoms with Gasteiger partial charge in [0.15, 0.2) is 5.69 Å². The molecule has 5 heterocycles. The lowest BCUT2D eigenvalue weighted by atomic mass is 9.75. The first kappa shape index (κ1) is 33.4. The van der Waals surface area contributed by atoms with Crippen molar-refractivity contribution < 1.29 is 23.5 Å². The second-order valence-corrected chi connectivity index (χ2v) is 14.8. The van der Waals surface area contributed by atoms with Crippen molar-refractivity contribution in [2.75, 3.05) is 56.7 Å². The molecule has 49 heavy (non-hydrogen) atoms. The molecule has 0 saturated carbocycles. The number of hydrogen-bond acceptors (Lipinski definition) is 8. The molecule has 1 aromatic carbocycles. The van der Waals surface area contributed by atoms with Crippen LogP contribution in [0.25, 0.3) is 0 Å². The predicted molar refractivity (Wildman–Crippen MR) is 182 cm³/mol. The van der Waals surface area contributed by atoms with Crippen LogP contribution in [0.5, 0.6) is 0 Å². The molecule has 3 aliphatic heterocycles. The lowest BCUT2D eigenvalue weighted by molar-refractivity contribution is -0.134. The summed E-state index contributed by atoms with van der Waals surface area (Å²) in [4.78, 5) is 41.5. The molecule has 0 spiro atoms. The van der Waals surface area contributed by atoms with Crippen LogP contribution in [-0.4, -0.2) is 95.2 Å². The highest BCUT2D eigenvalue weighted by Crippen LogP contribution is 2.36. The SMILES string of the molecule is COCC1(C)CCc2c(C(=O)Nc3cnn([C@@H]4CCN(CC5CCN(c6ccc(C7CCC(=O)NC7=O)cc6)CC5)C[C@H]4F)c3)n[nH]c2C1. The number of ether oxygens (including phenoxy) is 1. The molecule has 12 nitrogen and oxygen atoms in total. The van der Waals surface area contributed by atoms with E-state index in [1.165, 1.54) is 0 Å². The molecule has 4 atom stereocenters. The van der Waals surface area contributed by atoms with E-state index in [1.54, 1.807) is 24.2 Å². The van der Waals surface area contributed by atoms with Crippen molar-refractivity contribution in [3.63, 3.8) is 0 Å². The fourth-order valence-electron chi connectivity index (χ4n) is 8.28. The summed E-state index contributed by atoms with van der Waals surface area (Å²) >= 11 is 0. The number of amides is 3. The third-order valence-corrected chi connectivity index (χ3v) is 11.1. The highest BCUT2D eigenvalue weighted by Gasteiger charge is 2.35. The van der Waals surface area contributed by atoms with Crippen LogP contribution in [-0.2, 0) is 27.2 Å². The minimum atomic E-state index is -1.06. The number of rotatable bonds is 9. The van der Waals surface area contributed by atoms with E-state index < -0.39 is 6.17 Å². The van der Waals surface area contributed by atoms with Crippen molar-refractivity contribution >= 4 is 29.1 Å². The Morgan fingerprint density at radius 2 is 1.90 bits per heavy atom. The topological polar surface area (TPSA) is 137 Å². The van der Waals surface area contributed by atoms with E-state index in [4.69, 9.17) is 4.74 Å². The van der Waals surface area contributed by atoms with Gasteiger partial charge in [-0.3, -0.25) is 29.5 Å². The van der Waals surface area contributed by atoms with Gasteiger partial charge < -0.3 is 19.9 Å². The summed E-state index contributed by atoms with van der Waals surface area (Å²) in [6.07, 6.45) is 8.39. The molecule has 0 bridgehead atoms. The van der Waals surface area contributed by atoms with E-state index >= 15 is 4.39 Å². The summed E-state index contributed by atoms with van der Waals surface area (Å²) in [6, 6.07) is 7.80. The van der Waals surface area contributed by atoms with E-state index in [2.05, 4.69) is 54.8 Å². The zero-order valence-electron chi connectivity index (χ0n) is 28.4. The van der Waals surface area contributed by atoms with Gasteiger partial charge in [0.25, 0.3) is 5.91 Å². The third kappa shape index (κ3) is 7.28. The van der Waals surface area contributed by atoms with Crippen molar-refractivity contribution in [2.24, 2.45) is 11.3 Å². The average molecular weight is 675 g/mol. The van der Waals surface area contributed by atoms with Gasteiger partial charge in [-0.2, -0.15) is 10.2 Å². The molecular formula is C36H47FN8O4. The van der Waals surface area contributed by atoms with Crippen LogP contribution >= 0.6 is 0 Å². The number of hydrogen-bond donors (Lipinski definition) is 3. The Morgan fingerprint density at radius 1 is 1.10 bits per heavy atom. The van der Waals surface area contributed by atoms with E-state index in [0.717, 1.165) is 80.8 Å². The molecule has 4 aliphatic rings. The number of nitrogens with one attached hydrogen (secondary N) is 3. The number of anilines is 2. The number of carbonyl (C=O) groups is 3. The largest absolute Gasteiger partial charge is 0.384 e.